The van der Waals surface area contributed by atoms with E-state index in [1.54, 1.807) is 11.3 Å². The number of thiophene rings is 1. The molecule has 0 aliphatic heterocycles. The molecule has 0 saturated heterocycles. The van der Waals surface area contributed by atoms with Crippen molar-refractivity contribution >= 4 is 33.0 Å². The van der Waals surface area contributed by atoms with E-state index in [9.17, 15) is 10.2 Å². The van der Waals surface area contributed by atoms with Crippen molar-refractivity contribution in [2.75, 3.05) is 5.88 Å². The molecular weight excluding hydrogens is 232 g/mol. The van der Waals surface area contributed by atoms with Crippen molar-refractivity contribution in [1.82, 2.24) is 0 Å². The van der Waals surface area contributed by atoms with E-state index in [0.717, 1.165) is 15.6 Å². The maximum atomic E-state index is 9.85. The van der Waals surface area contributed by atoms with E-state index in [4.69, 9.17) is 11.6 Å². The van der Waals surface area contributed by atoms with Crippen LogP contribution >= 0.6 is 22.9 Å². The van der Waals surface area contributed by atoms with Gasteiger partial charge < -0.3 is 10.2 Å². The second-order valence-electron chi connectivity index (χ2n) is 3.35. The van der Waals surface area contributed by atoms with Gasteiger partial charge in [0.05, 0.1) is 12.0 Å². The van der Waals surface area contributed by atoms with E-state index in [0.29, 0.717) is 0 Å². The molecule has 0 bridgehead atoms. The van der Waals surface area contributed by atoms with Crippen molar-refractivity contribution < 1.29 is 10.2 Å². The summed E-state index contributed by atoms with van der Waals surface area (Å²) in [5.41, 5.74) is 0.753. The lowest BCUT2D eigenvalue weighted by atomic mass is 10.0. The molecule has 0 spiro atoms. The first kappa shape index (κ1) is 10.9. The smallest absolute Gasteiger partial charge is 0.107 e. The summed E-state index contributed by atoms with van der Waals surface area (Å²) in [4.78, 5) is 0. The Morgan fingerprint density at radius 3 is 2.73 bits per heavy atom. The average Bonchev–Trinajstić information content (AvgIpc) is 2.70. The standard InChI is InChI=1S/C11H11ClO2S/c12-5-9(13)11(14)8-6-15-10-4-2-1-3-7(8)10/h1-4,6,9,11,13-14H,5H2. The molecule has 0 saturated carbocycles. The van der Waals surface area contributed by atoms with E-state index < -0.39 is 12.2 Å². The number of hydrogen-bond acceptors (Lipinski definition) is 3. The Kier molecular flexibility index (Phi) is 3.26. The SMILES string of the molecule is OC(CCl)C(O)c1csc2ccccc12. The summed E-state index contributed by atoms with van der Waals surface area (Å²) < 4.78 is 1.10. The van der Waals surface area contributed by atoms with Crippen molar-refractivity contribution in [3.63, 3.8) is 0 Å². The molecule has 1 aromatic carbocycles. The molecule has 2 aromatic rings. The highest BCUT2D eigenvalue weighted by molar-refractivity contribution is 7.17. The molecule has 0 fully saturated rings. The van der Waals surface area contributed by atoms with Crippen LogP contribution in [-0.4, -0.2) is 22.2 Å². The monoisotopic (exact) mass is 242 g/mol. The number of rotatable bonds is 3. The van der Waals surface area contributed by atoms with Crippen molar-refractivity contribution in [2.24, 2.45) is 0 Å². The molecule has 0 aliphatic rings. The Hall–Kier alpha value is -0.610. The number of alkyl halides is 1. The van der Waals surface area contributed by atoms with Gasteiger partial charge in [-0.05, 0) is 16.8 Å². The highest BCUT2D eigenvalue weighted by Gasteiger charge is 2.20. The Bertz CT molecular complexity index is 455. The Morgan fingerprint density at radius 1 is 1.27 bits per heavy atom. The molecule has 1 heterocycles. The van der Waals surface area contributed by atoms with Gasteiger partial charge in [-0.2, -0.15) is 0 Å². The lowest BCUT2D eigenvalue weighted by molar-refractivity contribution is 0.0338. The fraction of sp³-hybridized carbons (Fsp3) is 0.273. The van der Waals surface area contributed by atoms with Crippen molar-refractivity contribution in [3.8, 4) is 0 Å². The lowest BCUT2D eigenvalue weighted by Crippen LogP contribution is -2.19. The van der Waals surface area contributed by atoms with E-state index in [1.807, 2.05) is 29.6 Å². The maximum absolute atomic E-state index is 9.85. The van der Waals surface area contributed by atoms with Gasteiger partial charge in [0, 0.05) is 10.3 Å². The van der Waals surface area contributed by atoms with Crippen molar-refractivity contribution in [3.05, 3.63) is 35.2 Å². The zero-order valence-electron chi connectivity index (χ0n) is 7.93. The zero-order chi connectivity index (χ0) is 10.8. The molecule has 2 unspecified atom stereocenters. The molecule has 0 amide bonds. The van der Waals surface area contributed by atoms with Crippen molar-refractivity contribution in [2.45, 2.75) is 12.2 Å². The quantitative estimate of drug-likeness (QED) is 0.812. The average molecular weight is 243 g/mol. The molecule has 2 rings (SSSR count). The van der Waals surface area contributed by atoms with E-state index in [1.165, 1.54) is 0 Å². The summed E-state index contributed by atoms with van der Waals surface area (Å²) in [6.07, 6.45) is -1.82. The van der Waals surface area contributed by atoms with Crippen LogP contribution in [0.4, 0.5) is 0 Å². The normalized spacial score (nSPS) is 15.4. The fourth-order valence-electron chi connectivity index (χ4n) is 1.52. The number of aliphatic hydroxyl groups excluding tert-OH is 2. The summed E-state index contributed by atoms with van der Waals surface area (Å²) in [6.45, 7) is 0. The second kappa shape index (κ2) is 4.49. The Morgan fingerprint density at radius 2 is 2.00 bits per heavy atom. The molecule has 0 aliphatic carbocycles. The van der Waals surface area contributed by atoms with Crippen molar-refractivity contribution in [1.29, 1.82) is 0 Å². The van der Waals surface area contributed by atoms with Crippen LogP contribution in [0.15, 0.2) is 29.6 Å². The summed E-state index contributed by atoms with van der Waals surface area (Å²) in [5.74, 6) is 0.0331. The zero-order valence-corrected chi connectivity index (χ0v) is 9.50. The number of halogens is 1. The minimum Gasteiger partial charge on any atom is -0.389 e. The van der Waals surface area contributed by atoms with Crippen LogP contribution in [0, 0.1) is 0 Å². The van der Waals surface area contributed by atoms with Crippen LogP contribution < -0.4 is 0 Å². The first-order valence-corrected chi connectivity index (χ1v) is 6.03. The third-order valence-corrected chi connectivity index (χ3v) is 3.65. The highest BCUT2D eigenvalue weighted by Crippen LogP contribution is 2.31. The predicted octanol–water partition coefficient (Wildman–Crippen LogP) is 2.53. The van der Waals surface area contributed by atoms with Crippen LogP contribution in [0.3, 0.4) is 0 Å². The van der Waals surface area contributed by atoms with Gasteiger partial charge in [-0.25, -0.2) is 0 Å². The Balaban J connectivity index is 2.43. The van der Waals surface area contributed by atoms with E-state index >= 15 is 0 Å². The molecule has 1 aromatic heterocycles. The van der Waals surface area contributed by atoms with Gasteiger partial charge in [0.2, 0.25) is 0 Å². The number of fused-ring (bicyclic) bond motifs is 1. The summed E-state index contributed by atoms with van der Waals surface area (Å²) in [6, 6.07) is 7.79. The maximum Gasteiger partial charge on any atom is 0.107 e. The third kappa shape index (κ3) is 2.01. The molecule has 80 valence electrons. The summed E-state index contributed by atoms with van der Waals surface area (Å²) >= 11 is 7.06. The van der Waals surface area contributed by atoms with Crippen LogP contribution in [0.1, 0.15) is 11.7 Å². The van der Waals surface area contributed by atoms with E-state index in [2.05, 4.69) is 0 Å². The van der Waals surface area contributed by atoms with Gasteiger partial charge in [-0.3, -0.25) is 0 Å². The first-order chi connectivity index (χ1) is 7.24. The number of hydrogen-bond donors (Lipinski definition) is 2. The molecule has 2 N–H and O–H groups in total. The van der Waals surface area contributed by atoms with Gasteiger partial charge in [0.1, 0.15) is 6.10 Å². The van der Waals surface area contributed by atoms with Gasteiger partial charge in [0.15, 0.2) is 0 Å². The van der Waals surface area contributed by atoms with Gasteiger partial charge in [0.25, 0.3) is 0 Å². The van der Waals surface area contributed by atoms with Crippen LogP contribution in [0.5, 0.6) is 0 Å². The lowest BCUT2D eigenvalue weighted by Gasteiger charge is -2.14. The van der Waals surface area contributed by atoms with Crippen LogP contribution in [-0.2, 0) is 0 Å². The minimum atomic E-state index is -0.912. The molecule has 15 heavy (non-hydrogen) atoms. The summed E-state index contributed by atoms with van der Waals surface area (Å²) in [7, 11) is 0. The Labute approximate surface area is 96.7 Å². The molecule has 2 atom stereocenters. The fourth-order valence-corrected chi connectivity index (χ4v) is 2.68. The van der Waals surface area contributed by atoms with Gasteiger partial charge in [-0.1, -0.05) is 18.2 Å². The molecule has 0 radical (unpaired) electrons. The van der Waals surface area contributed by atoms with E-state index in [-0.39, 0.29) is 5.88 Å². The van der Waals surface area contributed by atoms with Crippen LogP contribution in [0.25, 0.3) is 10.1 Å². The largest absolute Gasteiger partial charge is 0.389 e. The highest BCUT2D eigenvalue weighted by atomic mass is 35.5. The third-order valence-electron chi connectivity index (χ3n) is 2.35. The van der Waals surface area contributed by atoms with Gasteiger partial charge in [-0.15, -0.1) is 22.9 Å². The molecule has 2 nitrogen and oxygen atoms in total. The van der Waals surface area contributed by atoms with Gasteiger partial charge >= 0.3 is 0 Å². The summed E-state index contributed by atoms with van der Waals surface area (Å²) in [5, 5.41) is 22.2. The number of aliphatic hydroxyl groups is 2. The van der Waals surface area contributed by atoms with Crippen LogP contribution in [0.2, 0.25) is 0 Å². The topological polar surface area (TPSA) is 40.5 Å². The second-order valence-corrected chi connectivity index (χ2v) is 4.57. The number of benzene rings is 1. The molecule has 4 heteroatoms. The first-order valence-electron chi connectivity index (χ1n) is 4.62. The molecular formula is C11H11ClO2S. The predicted molar refractivity (Wildman–Crippen MR) is 63.5 cm³/mol. The minimum absolute atomic E-state index is 0.0331.